The average molecular weight is 373 g/mol. The van der Waals surface area contributed by atoms with Crippen LogP contribution in [0.3, 0.4) is 0 Å². The molecule has 1 aromatic heterocycles. The van der Waals surface area contributed by atoms with Crippen LogP contribution < -0.4 is 10.1 Å². The predicted molar refractivity (Wildman–Crippen MR) is 105 cm³/mol. The average Bonchev–Trinajstić information content (AvgIpc) is 3.21. The number of para-hydroxylation sites is 1. The van der Waals surface area contributed by atoms with E-state index in [4.69, 9.17) is 9.47 Å². The molecule has 0 aliphatic carbocycles. The Hall–Kier alpha value is -3.85. The smallest absolute Gasteiger partial charge is 0.407 e. The Bertz CT molecular complexity index is 966. The fraction of sp³-hybridized carbons (Fsp3) is 0.136. The van der Waals surface area contributed by atoms with E-state index >= 15 is 0 Å². The van der Waals surface area contributed by atoms with Gasteiger partial charge in [-0.1, -0.05) is 42.2 Å². The normalized spacial score (nSPS) is 14.5. The van der Waals surface area contributed by atoms with Crippen molar-refractivity contribution < 1.29 is 14.3 Å². The van der Waals surface area contributed by atoms with Crippen molar-refractivity contribution in [2.45, 2.75) is 6.04 Å². The molecule has 0 saturated carbocycles. The molecule has 1 saturated heterocycles. The Balaban J connectivity index is 0.000000236. The van der Waals surface area contributed by atoms with Crippen molar-refractivity contribution in [3.63, 3.8) is 0 Å². The summed E-state index contributed by atoms with van der Waals surface area (Å²) in [6.07, 6.45) is 4.41. The van der Waals surface area contributed by atoms with Crippen LogP contribution in [-0.4, -0.2) is 29.8 Å². The lowest BCUT2D eigenvalue weighted by Crippen LogP contribution is -2.18. The first-order valence-electron chi connectivity index (χ1n) is 8.64. The highest BCUT2D eigenvalue weighted by atomic mass is 16.6. The number of ether oxygens (including phenoxy) is 2. The first kappa shape index (κ1) is 18.9. The van der Waals surface area contributed by atoms with Gasteiger partial charge in [0, 0.05) is 18.0 Å². The highest BCUT2D eigenvalue weighted by Crippen LogP contribution is 2.18. The molecule has 3 aromatic rings. The maximum atomic E-state index is 11.0. The number of hydrogen-bond donors (Lipinski definition) is 1. The van der Waals surface area contributed by atoms with Gasteiger partial charge in [-0.25, -0.2) is 14.8 Å². The number of aromatic nitrogens is 2. The Morgan fingerprint density at radius 1 is 1.04 bits per heavy atom. The topological polar surface area (TPSA) is 73.3 Å². The zero-order valence-corrected chi connectivity index (χ0v) is 15.3. The summed E-state index contributed by atoms with van der Waals surface area (Å²) < 4.78 is 9.80. The summed E-state index contributed by atoms with van der Waals surface area (Å²) in [6.45, 7) is 0.349. The number of alkyl carbamates (subject to hydrolysis) is 1. The number of cyclic esters (lactones) is 1. The van der Waals surface area contributed by atoms with E-state index in [1.807, 2.05) is 54.6 Å². The molecule has 6 nitrogen and oxygen atoms in total. The largest absolute Gasteiger partial charge is 0.497 e. The number of carbonyl (C=O) groups is 1. The molecule has 28 heavy (non-hydrogen) atoms. The highest BCUT2D eigenvalue weighted by Gasteiger charge is 2.23. The lowest BCUT2D eigenvalue weighted by atomic mass is 10.1. The van der Waals surface area contributed by atoms with Gasteiger partial charge in [0.2, 0.25) is 0 Å². The minimum atomic E-state index is -0.382. The molecule has 1 N–H and O–H groups in total. The van der Waals surface area contributed by atoms with Crippen LogP contribution in [0.4, 0.5) is 4.79 Å². The molecule has 0 radical (unpaired) electrons. The van der Waals surface area contributed by atoms with Gasteiger partial charge < -0.3 is 14.8 Å². The van der Waals surface area contributed by atoms with Gasteiger partial charge in [-0.15, -0.1) is 0 Å². The van der Waals surface area contributed by atoms with Crippen molar-refractivity contribution in [2.24, 2.45) is 0 Å². The fourth-order valence-corrected chi connectivity index (χ4v) is 2.46. The van der Waals surface area contributed by atoms with Crippen molar-refractivity contribution in [1.82, 2.24) is 15.3 Å². The van der Waals surface area contributed by atoms with Crippen LogP contribution in [-0.2, 0) is 4.74 Å². The van der Waals surface area contributed by atoms with Gasteiger partial charge in [0.25, 0.3) is 0 Å². The third-order valence-corrected chi connectivity index (χ3v) is 3.85. The van der Waals surface area contributed by atoms with Crippen molar-refractivity contribution in [1.29, 1.82) is 0 Å². The molecular weight excluding hydrogens is 354 g/mol. The maximum Gasteiger partial charge on any atom is 0.407 e. The van der Waals surface area contributed by atoms with Crippen LogP contribution in [0.15, 0.2) is 73.3 Å². The summed E-state index contributed by atoms with van der Waals surface area (Å²) in [5, 5.41) is 2.74. The minimum Gasteiger partial charge on any atom is -0.497 e. The second kappa shape index (κ2) is 9.74. The number of nitrogens with zero attached hydrogens (tertiary/aromatic N) is 2. The van der Waals surface area contributed by atoms with Crippen molar-refractivity contribution in [3.8, 4) is 17.6 Å². The maximum absolute atomic E-state index is 11.0. The summed E-state index contributed by atoms with van der Waals surface area (Å²) >= 11 is 0. The molecule has 1 amide bonds. The number of methoxy groups -OCH3 is 1. The van der Waals surface area contributed by atoms with Gasteiger partial charge >= 0.3 is 6.09 Å². The quantitative estimate of drug-likeness (QED) is 0.698. The van der Waals surface area contributed by atoms with E-state index in [1.165, 1.54) is 6.33 Å². The molecule has 1 atom stereocenters. The number of nitrogens with one attached hydrogen (secondary N) is 1. The Kier molecular flexibility index (Phi) is 6.58. The van der Waals surface area contributed by atoms with E-state index in [-0.39, 0.29) is 12.1 Å². The summed E-state index contributed by atoms with van der Waals surface area (Å²) in [6, 6.07) is 17.3. The number of benzene rings is 2. The van der Waals surface area contributed by atoms with Crippen LogP contribution in [0.1, 0.15) is 22.7 Å². The molecule has 4 rings (SSSR count). The fourth-order valence-electron chi connectivity index (χ4n) is 2.46. The van der Waals surface area contributed by atoms with Crippen molar-refractivity contribution in [3.05, 3.63) is 90.0 Å². The molecule has 1 fully saturated rings. The summed E-state index contributed by atoms with van der Waals surface area (Å²) in [7, 11) is 1.66. The van der Waals surface area contributed by atoms with Gasteiger partial charge in [0.05, 0.1) is 18.7 Å². The molecule has 0 spiro atoms. The molecule has 6 heteroatoms. The minimum absolute atomic E-state index is 0.107. The molecule has 140 valence electrons. The summed E-state index contributed by atoms with van der Waals surface area (Å²) in [5.41, 5.74) is 2.61. The predicted octanol–water partition coefficient (Wildman–Crippen LogP) is 3.35. The monoisotopic (exact) mass is 373 g/mol. The van der Waals surface area contributed by atoms with E-state index in [0.717, 1.165) is 22.4 Å². The van der Waals surface area contributed by atoms with E-state index in [9.17, 15) is 4.79 Å². The standard InChI is InChI=1S/C15H11N3O2.C7H8O/c19-15-18-14(9-20-15)13-3-1-2-11(6-13)4-5-12-7-16-10-17-8-12;1-8-7-5-3-2-4-6-7/h1-3,6-8,10,14H,9H2,(H,18,19);2-6H,1H3/t14-;/m0./s1. The van der Waals surface area contributed by atoms with E-state index in [1.54, 1.807) is 19.5 Å². The second-order valence-corrected chi connectivity index (χ2v) is 5.82. The number of rotatable bonds is 2. The van der Waals surface area contributed by atoms with Gasteiger partial charge in [-0.05, 0) is 29.8 Å². The molecule has 0 unspecified atom stereocenters. The van der Waals surface area contributed by atoms with Crippen LogP contribution in [0, 0.1) is 11.8 Å². The van der Waals surface area contributed by atoms with Gasteiger partial charge in [0.1, 0.15) is 18.7 Å². The first-order valence-corrected chi connectivity index (χ1v) is 8.64. The van der Waals surface area contributed by atoms with Gasteiger partial charge in [-0.2, -0.15) is 0 Å². The molecule has 2 aromatic carbocycles. The van der Waals surface area contributed by atoms with Crippen LogP contribution in [0.2, 0.25) is 0 Å². The zero-order chi connectivity index (χ0) is 19.6. The van der Waals surface area contributed by atoms with Crippen molar-refractivity contribution >= 4 is 6.09 Å². The van der Waals surface area contributed by atoms with Crippen LogP contribution >= 0.6 is 0 Å². The lowest BCUT2D eigenvalue weighted by molar-refractivity contribution is 0.177. The van der Waals surface area contributed by atoms with E-state index < -0.39 is 0 Å². The third kappa shape index (κ3) is 5.58. The van der Waals surface area contributed by atoms with E-state index in [2.05, 4.69) is 27.1 Å². The van der Waals surface area contributed by atoms with Gasteiger partial charge in [-0.3, -0.25) is 0 Å². The number of hydrogen-bond acceptors (Lipinski definition) is 5. The molecule has 2 heterocycles. The lowest BCUT2D eigenvalue weighted by Gasteiger charge is -2.07. The number of carbonyl (C=O) groups excluding carboxylic acids is 1. The Labute approximate surface area is 163 Å². The first-order chi connectivity index (χ1) is 13.7. The summed E-state index contributed by atoms with van der Waals surface area (Å²) in [5.74, 6) is 6.96. The van der Waals surface area contributed by atoms with Crippen LogP contribution in [0.25, 0.3) is 0 Å². The highest BCUT2D eigenvalue weighted by molar-refractivity contribution is 5.70. The Morgan fingerprint density at radius 3 is 2.43 bits per heavy atom. The Morgan fingerprint density at radius 2 is 1.79 bits per heavy atom. The third-order valence-electron chi connectivity index (χ3n) is 3.85. The van der Waals surface area contributed by atoms with Crippen molar-refractivity contribution in [2.75, 3.05) is 13.7 Å². The van der Waals surface area contributed by atoms with Gasteiger partial charge in [0.15, 0.2) is 0 Å². The van der Waals surface area contributed by atoms with Crippen LogP contribution in [0.5, 0.6) is 5.75 Å². The molecule has 1 aliphatic heterocycles. The second-order valence-electron chi connectivity index (χ2n) is 5.82. The number of amides is 1. The molecule has 1 aliphatic rings. The van der Waals surface area contributed by atoms with E-state index in [0.29, 0.717) is 6.61 Å². The zero-order valence-electron chi connectivity index (χ0n) is 15.3. The molecular formula is C22H19N3O3. The molecule has 0 bridgehead atoms. The summed E-state index contributed by atoms with van der Waals surface area (Å²) in [4.78, 5) is 18.9. The SMILES string of the molecule is COc1ccccc1.O=C1N[C@H](c2cccc(C#Cc3cncnc3)c2)CO1.